The molecule has 2 atom stereocenters. The second-order valence-corrected chi connectivity index (χ2v) is 8.35. The van der Waals surface area contributed by atoms with Gasteiger partial charge in [-0.25, -0.2) is 4.79 Å². The summed E-state index contributed by atoms with van der Waals surface area (Å²) in [6.07, 6.45) is 1.54. The average molecular weight is 365 g/mol. The fourth-order valence-corrected chi connectivity index (χ4v) is 3.77. The molecule has 0 saturated carbocycles. The number of nitrogens with zero attached hydrogens (tertiary/aromatic N) is 2. The number of amides is 2. The van der Waals surface area contributed by atoms with Crippen LogP contribution in [0.2, 0.25) is 5.02 Å². The Kier molecular flexibility index (Phi) is 4.71. The Morgan fingerprint density at radius 3 is 2.28 bits per heavy atom. The van der Waals surface area contributed by atoms with E-state index in [2.05, 4.69) is 0 Å². The van der Waals surface area contributed by atoms with Crippen molar-refractivity contribution in [3.05, 3.63) is 34.3 Å². The molecule has 2 aliphatic rings. The van der Waals surface area contributed by atoms with Gasteiger partial charge in [-0.1, -0.05) is 17.7 Å². The minimum absolute atomic E-state index is 0.0253. The normalized spacial score (nSPS) is 22.9. The second kappa shape index (κ2) is 6.52. The largest absolute Gasteiger partial charge is 0.444 e. The van der Waals surface area contributed by atoms with E-state index >= 15 is 0 Å². The molecule has 0 spiro atoms. The van der Waals surface area contributed by atoms with Crippen LogP contribution in [0.1, 0.15) is 49.5 Å². The first-order chi connectivity index (χ1) is 11.7. The molecule has 2 unspecified atom stereocenters. The Labute approximate surface area is 153 Å². The Balaban J connectivity index is 1.72. The molecule has 3 rings (SSSR count). The lowest BCUT2D eigenvalue weighted by atomic mass is 10.1. The molecule has 0 radical (unpaired) electrons. The van der Waals surface area contributed by atoms with Crippen LogP contribution in [0, 0.1) is 6.92 Å². The predicted molar refractivity (Wildman–Crippen MR) is 97.0 cm³/mol. The molecule has 25 heavy (non-hydrogen) atoms. The third-order valence-electron chi connectivity index (χ3n) is 4.79. The monoisotopic (exact) mass is 364 g/mol. The van der Waals surface area contributed by atoms with Crippen molar-refractivity contribution in [3.8, 4) is 0 Å². The van der Waals surface area contributed by atoms with Gasteiger partial charge in [-0.3, -0.25) is 9.69 Å². The summed E-state index contributed by atoms with van der Waals surface area (Å²) >= 11 is 6.15. The third-order valence-corrected chi connectivity index (χ3v) is 5.20. The van der Waals surface area contributed by atoms with Crippen molar-refractivity contribution in [2.24, 2.45) is 0 Å². The SMILES string of the molecule is Cc1ccc(C(=O)N2CC3CCC(C2)N3C(=O)OC(C)(C)C)cc1Cl. The quantitative estimate of drug-likeness (QED) is 0.760. The number of benzene rings is 1. The van der Waals surface area contributed by atoms with E-state index < -0.39 is 5.60 Å². The lowest BCUT2D eigenvalue weighted by Crippen LogP contribution is -2.57. The Hall–Kier alpha value is -1.75. The van der Waals surface area contributed by atoms with Crippen molar-refractivity contribution < 1.29 is 14.3 Å². The van der Waals surface area contributed by atoms with E-state index in [1.807, 2.05) is 49.6 Å². The molecule has 6 heteroatoms. The van der Waals surface area contributed by atoms with E-state index in [0.29, 0.717) is 23.7 Å². The summed E-state index contributed by atoms with van der Waals surface area (Å²) < 4.78 is 5.53. The van der Waals surface area contributed by atoms with Gasteiger partial charge in [-0.05, 0) is 58.2 Å². The molecule has 2 amide bonds. The molecule has 2 saturated heterocycles. The van der Waals surface area contributed by atoms with Gasteiger partial charge in [0.25, 0.3) is 5.91 Å². The minimum Gasteiger partial charge on any atom is -0.444 e. The summed E-state index contributed by atoms with van der Waals surface area (Å²) in [5, 5.41) is 0.598. The molecule has 0 aliphatic carbocycles. The second-order valence-electron chi connectivity index (χ2n) is 7.95. The number of hydrogen-bond donors (Lipinski definition) is 0. The smallest absolute Gasteiger partial charge is 0.410 e. The molecule has 0 aromatic heterocycles. The van der Waals surface area contributed by atoms with Gasteiger partial charge < -0.3 is 9.64 Å². The maximum Gasteiger partial charge on any atom is 0.410 e. The lowest BCUT2D eigenvalue weighted by molar-refractivity contribution is -0.00335. The van der Waals surface area contributed by atoms with E-state index in [4.69, 9.17) is 16.3 Å². The fraction of sp³-hybridized carbons (Fsp3) is 0.579. The zero-order chi connectivity index (χ0) is 18.4. The van der Waals surface area contributed by atoms with Gasteiger partial charge >= 0.3 is 6.09 Å². The molecular formula is C19H25ClN2O3. The number of piperazine rings is 1. The van der Waals surface area contributed by atoms with Gasteiger partial charge in [-0.2, -0.15) is 0 Å². The predicted octanol–water partition coefficient (Wildman–Crippen LogP) is 3.87. The molecule has 5 nitrogen and oxygen atoms in total. The first-order valence-corrected chi connectivity index (χ1v) is 9.10. The lowest BCUT2D eigenvalue weighted by Gasteiger charge is -2.41. The molecule has 1 aromatic rings. The number of fused-ring (bicyclic) bond motifs is 2. The number of hydrogen-bond acceptors (Lipinski definition) is 3. The zero-order valence-electron chi connectivity index (χ0n) is 15.2. The van der Waals surface area contributed by atoms with Gasteiger partial charge in [0.1, 0.15) is 5.60 Å². The van der Waals surface area contributed by atoms with E-state index in [9.17, 15) is 9.59 Å². The Bertz CT molecular complexity index is 684. The molecular weight excluding hydrogens is 340 g/mol. The summed E-state index contributed by atoms with van der Waals surface area (Å²) in [7, 11) is 0. The van der Waals surface area contributed by atoms with Crippen LogP contribution in [-0.4, -0.2) is 52.6 Å². The maximum atomic E-state index is 12.8. The highest BCUT2D eigenvalue weighted by Gasteiger charge is 2.45. The van der Waals surface area contributed by atoms with E-state index in [-0.39, 0.29) is 24.1 Å². The Morgan fingerprint density at radius 2 is 1.76 bits per heavy atom. The third kappa shape index (κ3) is 3.76. The summed E-state index contributed by atoms with van der Waals surface area (Å²) in [6.45, 7) is 8.60. The zero-order valence-corrected chi connectivity index (χ0v) is 16.0. The van der Waals surface area contributed by atoms with E-state index in [0.717, 1.165) is 18.4 Å². The summed E-state index contributed by atoms with van der Waals surface area (Å²) in [5.74, 6) is -0.0253. The molecule has 2 bridgehead atoms. The summed E-state index contributed by atoms with van der Waals surface area (Å²) in [5.41, 5.74) is 1.04. The number of ether oxygens (including phenoxy) is 1. The van der Waals surface area contributed by atoms with Crippen LogP contribution in [0.15, 0.2) is 18.2 Å². The number of carbonyl (C=O) groups is 2. The number of rotatable bonds is 1. The number of likely N-dealkylation sites (tertiary alicyclic amines) is 1. The van der Waals surface area contributed by atoms with Gasteiger partial charge in [-0.15, -0.1) is 0 Å². The molecule has 1 aromatic carbocycles. The topological polar surface area (TPSA) is 49.9 Å². The molecule has 2 fully saturated rings. The van der Waals surface area contributed by atoms with Gasteiger partial charge in [0.05, 0.1) is 12.1 Å². The van der Waals surface area contributed by atoms with E-state index in [1.54, 1.807) is 6.07 Å². The van der Waals surface area contributed by atoms with Crippen molar-refractivity contribution in [1.29, 1.82) is 0 Å². The standard InChI is InChI=1S/C19H25ClN2O3/c1-12-5-6-13(9-16(12)20)17(23)21-10-14-7-8-15(11-21)22(14)18(24)25-19(2,3)4/h5-6,9,14-15H,7-8,10-11H2,1-4H3. The van der Waals surface area contributed by atoms with Crippen LogP contribution in [0.4, 0.5) is 4.79 Å². The fourth-order valence-electron chi connectivity index (χ4n) is 3.59. The molecule has 2 aliphatic heterocycles. The number of carbonyl (C=O) groups excluding carboxylic acids is 2. The summed E-state index contributed by atoms with van der Waals surface area (Å²) in [4.78, 5) is 29.0. The highest BCUT2D eigenvalue weighted by atomic mass is 35.5. The first kappa shape index (κ1) is 18.1. The highest BCUT2D eigenvalue weighted by molar-refractivity contribution is 6.31. The van der Waals surface area contributed by atoms with Crippen molar-refractivity contribution in [1.82, 2.24) is 9.80 Å². The Morgan fingerprint density at radius 1 is 1.16 bits per heavy atom. The summed E-state index contributed by atoms with van der Waals surface area (Å²) in [6, 6.07) is 5.45. The van der Waals surface area contributed by atoms with Crippen molar-refractivity contribution >= 4 is 23.6 Å². The average Bonchev–Trinajstić information content (AvgIpc) is 2.78. The number of aryl methyl sites for hydroxylation is 1. The first-order valence-electron chi connectivity index (χ1n) is 8.72. The van der Waals surface area contributed by atoms with Crippen LogP contribution in [0.25, 0.3) is 0 Å². The maximum absolute atomic E-state index is 12.8. The van der Waals surface area contributed by atoms with Crippen LogP contribution >= 0.6 is 11.6 Å². The number of halogens is 1. The van der Waals surface area contributed by atoms with Crippen molar-refractivity contribution in [2.75, 3.05) is 13.1 Å². The van der Waals surface area contributed by atoms with Gasteiger partial charge in [0.2, 0.25) is 0 Å². The van der Waals surface area contributed by atoms with Crippen molar-refractivity contribution in [2.45, 2.75) is 58.2 Å². The van der Waals surface area contributed by atoms with Crippen LogP contribution in [0.3, 0.4) is 0 Å². The molecule has 0 N–H and O–H groups in total. The van der Waals surface area contributed by atoms with Gasteiger partial charge in [0.15, 0.2) is 0 Å². The van der Waals surface area contributed by atoms with Crippen LogP contribution < -0.4 is 0 Å². The van der Waals surface area contributed by atoms with Crippen molar-refractivity contribution in [3.63, 3.8) is 0 Å². The van der Waals surface area contributed by atoms with E-state index in [1.165, 1.54) is 0 Å². The van der Waals surface area contributed by atoms with Crippen LogP contribution in [-0.2, 0) is 4.74 Å². The molecule has 2 heterocycles. The van der Waals surface area contributed by atoms with Gasteiger partial charge in [0, 0.05) is 23.7 Å². The minimum atomic E-state index is -0.512. The molecule has 136 valence electrons. The highest BCUT2D eigenvalue weighted by Crippen LogP contribution is 2.32. The van der Waals surface area contributed by atoms with Crippen LogP contribution in [0.5, 0.6) is 0 Å².